The molecule has 104 valence electrons. The number of nitrogens with zero attached hydrogens (tertiary/aromatic N) is 2. The molecule has 0 bridgehead atoms. The number of carbonyl (C=O) groups excluding carboxylic acids is 1. The van der Waals surface area contributed by atoms with E-state index in [0.29, 0.717) is 6.42 Å². The summed E-state index contributed by atoms with van der Waals surface area (Å²) in [6.07, 6.45) is 3.53. The smallest absolute Gasteiger partial charge is 0.223 e. The number of hydrogen-bond acceptors (Lipinski definition) is 4. The van der Waals surface area contributed by atoms with E-state index in [2.05, 4.69) is 5.16 Å². The Balaban J connectivity index is 2.43. The predicted octanol–water partition coefficient (Wildman–Crippen LogP) is 0.929. The Kier molecular flexibility index (Phi) is 5.91. The molecular formula is C12H23N3O3. The minimum atomic E-state index is 0.0205. The molecule has 0 aliphatic carbocycles. The number of oxime groups is 1. The van der Waals surface area contributed by atoms with Crippen molar-refractivity contribution in [2.45, 2.75) is 51.7 Å². The van der Waals surface area contributed by atoms with Crippen LogP contribution in [0, 0.1) is 0 Å². The Bertz CT molecular complexity index is 299. The summed E-state index contributed by atoms with van der Waals surface area (Å²) in [5.74, 6) is 0.0706. The van der Waals surface area contributed by atoms with Crippen molar-refractivity contribution in [3.8, 4) is 0 Å². The molecule has 1 saturated heterocycles. The highest BCUT2D eigenvalue weighted by Crippen LogP contribution is 2.17. The monoisotopic (exact) mass is 257 g/mol. The van der Waals surface area contributed by atoms with Crippen molar-refractivity contribution in [3.05, 3.63) is 0 Å². The van der Waals surface area contributed by atoms with Crippen molar-refractivity contribution >= 4 is 11.7 Å². The van der Waals surface area contributed by atoms with Crippen LogP contribution in [-0.2, 0) is 9.53 Å². The molecule has 1 rings (SSSR count). The first kappa shape index (κ1) is 14.8. The third-order valence-electron chi connectivity index (χ3n) is 3.11. The summed E-state index contributed by atoms with van der Waals surface area (Å²) >= 11 is 0. The van der Waals surface area contributed by atoms with Gasteiger partial charge < -0.3 is 20.6 Å². The summed E-state index contributed by atoms with van der Waals surface area (Å²) in [5.41, 5.74) is 5.45. The van der Waals surface area contributed by atoms with Crippen molar-refractivity contribution in [3.63, 3.8) is 0 Å². The molecule has 3 N–H and O–H groups in total. The number of nitrogens with two attached hydrogens (primary N) is 1. The summed E-state index contributed by atoms with van der Waals surface area (Å²) < 4.78 is 5.49. The van der Waals surface area contributed by atoms with E-state index < -0.39 is 0 Å². The summed E-state index contributed by atoms with van der Waals surface area (Å²) in [4.78, 5) is 13.7. The van der Waals surface area contributed by atoms with Crippen molar-refractivity contribution in [1.82, 2.24) is 4.90 Å². The molecule has 6 nitrogen and oxygen atoms in total. The fraction of sp³-hybridized carbons (Fsp3) is 0.833. The topological polar surface area (TPSA) is 88.1 Å². The first-order valence-electron chi connectivity index (χ1n) is 6.42. The molecule has 0 spiro atoms. The van der Waals surface area contributed by atoms with Crippen LogP contribution in [0.2, 0.25) is 0 Å². The molecule has 0 radical (unpaired) electrons. The van der Waals surface area contributed by atoms with Gasteiger partial charge in [0.1, 0.15) is 0 Å². The number of hydrogen-bond donors (Lipinski definition) is 2. The third kappa shape index (κ3) is 4.52. The molecule has 1 fully saturated rings. The van der Waals surface area contributed by atoms with E-state index in [1.807, 2.05) is 13.8 Å². The third-order valence-corrected chi connectivity index (χ3v) is 3.11. The van der Waals surface area contributed by atoms with Crippen LogP contribution < -0.4 is 5.73 Å². The molecule has 6 heteroatoms. The predicted molar refractivity (Wildman–Crippen MR) is 68.5 cm³/mol. The quantitative estimate of drug-likeness (QED) is 0.321. The minimum Gasteiger partial charge on any atom is -0.409 e. The normalized spacial score (nSPS) is 20.4. The lowest BCUT2D eigenvalue weighted by atomic mass is 10.1. The maximum absolute atomic E-state index is 12.1. The fourth-order valence-corrected chi connectivity index (χ4v) is 2.06. The number of carbonyl (C=O) groups is 1. The van der Waals surface area contributed by atoms with Crippen LogP contribution in [0.3, 0.4) is 0 Å². The van der Waals surface area contributed by atoms with E-state index in [1.54, 1.807) is 4.90 Å². The number of amides is 1. The Hall–Kier alpha value is -1.30. The summed E-state index contributed by atoms with van der Waals surface area (Å²) in [6.45, 7) is 4.79. The van der Waals surface area contributed by atoms with Crippen LogP contribution in [0.5, 0.6) is 0 Å². The Labute approximate surface area is 108 Å². The van der Waals surface area contributed by atoms with E-state index in [0.717, 1.165) is 25.9 Å². The zero-order valence-electron chi connectivity index (χ0n) is 11.1. The highest BCUT2D eigenvalue weighted by molar-refractivity contribution is 5.87. The molecule has 0 saturated carbocycles. The second-order valence-electron chi connectivity index (χ2n) is 4.88. The molecule has 1 aliphatic rings. The van der Waals surface area contributed by atoms with Crippen molar-refractivity contribution in [2.24, 2.45) is 10.9 Å². The number of ether oxygens (including phenoxy) is 1. The van der Waals surface area contributed by atoms with E-state index in [4.69, 9.17) is 15.7 Å². The molecule has 1 heterocycles. The molecule has 0 aromatic rings. The zero-order chi connectivity index (χ0) is 13.5. The van der Waals surface area contributed by atoms with E-state index in [9.17, 15) is 4.79 Å². The van der Waals surface area contributed by atoms with Gasteiger partial charge in [0.25, 0.3) is 0 Å². The van der Waals surface area contributed by atoms with Gasteiger partial charge in [-0.05, 0) is 33.1 Å². The Morgan fingerprint density at radius 2 is 2.33 bits per heavy atom. The Morgan fingerprint density at radius 1 is 1.61 bits per heavy atom. The number of rotatable bonds is 6. The maximum atomic E-state index is 12.1. The highest BCUT2D eigenvalue weighted by atomic mass is 16.5. The van der Waals surface area contributed by atoms with Gasteiger partial charge in [0.05, 0.1) is 12.6 Å². The maximum Gasteiger partial charge on any atom is 0.223 e. The van der Waals surface area contributed by atoms with Gasteiger partial charge in [-0.2, -0.15) is 0 Å². The first-order valence-corrected chi connectivity index (χ1v) is 6.42. The SMILES string of the molecule is CC(C)N(CC(N)=NO)C(=O)CCC1CCCO1. The lowest BCUT2D eigenvalue weighted by Crippen LogP contribution is -2.43. The summed E-state index contributed by atoms with van der Waals surface area (Å²) in [5, 5.41) is 11.5. The highest BCUT2D eigenvalue weighted by Gasteiger charge is 2.21. The fourth-order valence-electron chi connectivity index (χ4n) is 2.06. The number of amidine groups is 1. The summed E-state index contributed by atoms with van der Waals surface area (Å²) in [6, 6.07) is 0.0299. The van der Waals surface area contributed by atoms with E-state index in [-0.39, 0.29) is 30.4 Å². The van der Waals surface area contributed by atoms with Gasteiger partial charge in [-0.1, -0.05) is 5.16 Å². The van der Waals surface area contributed by atoms with Crippen molar-refractivity contribution in [1.29, 1.82) is 0 Å². The van der Waals surface area contributed by atoms with Gasteiger partial charge in [0, 0.05) is 19.1 Å². The summed E-state index contributed by atoms with van der Waals surface area (Å²) in [7, 11) is 0. The van der Waals surface area contributed by atoms with Gasteiger partial charge in [-0.3, -0.25) is 4.79 Å². The lowest BCUT2D eigenvalue weighted by Gasteiger charge is -2.26. The largest absolute Gasteiger partial charge is 0.409 e. The van der Waals surface area contributed by atoms with Gasteiger partial charge in [0.2, 0.25) is 5.91 Å². The molecule has 0 aromatic carbocycles. The van der Waals surface area contributed by atoms with Crippen molar-refractivity contribution < 1.29 is 14.7 Å². The molecule has 18 heavy (non-hydrogen) atoms. The van der Waals surface area contributed by atoms with Crippen LogP contribution in [0.1, 0.15) is 39.5 Å². The second-order valence-corrected chi connectivity index (χ2v) is 4.88. The van der Waals surface area contributed by atoms with Gasteiger partial charge in [0.15, 0.2) is 5.84 Å². The first-order chi connectivity index (χ1) is 8.54. The lowest BCUT2D eigenvalue weighted by molar-refractivity contribution is -0.132. The molecule has 1 unspecified atom stereocenters. The second kappa shape index (κ2) is 7.20. The van der Waals surface area contributed by atoms with E-state index >= 15 is 0 Å². The van der Waals surface area contributed by atoms with Gasteiger partial charge >= 0.3 is 0 Å². The molecule has 1 aliphatic heterocycles. The van der Waals surface area contributed by atoms with Crippen LogP contribution >= 0.6 is 0 Å². The van der Waals surface area contributed by atoms with Crippen molar-refractivity contribution in [2.75, 3.05) is 13.2 Å². The van der Waals surface area contributed by atoms with Gasteiger partial charge in [-0.15, -0.1) is 0 Å². The molecule has 0 aromatic heterocycles. The zero-order valence-corrected chi connectivity index (χ0v) is 11.1. The average molecular weight is 257 g/mol. The molecule has 1 atom stereocenters. The molecular weight excluding hydrogens is 234 g/mol. The minimum absolute atomic E-state index is 0.0205. The van der Waals surface area contributed by atoms with Crippen LogP contribution in [0.4, 0.5) is 0 Å². The molecule has 1 amide bonds. The van der Waals surface area contributed by atoms with Crippen LogP contribution in [0.15, 0.2) is 5.16 Å². The van der Waals surface area contributed by atoms with E-state index in [1.165, 1.54) is 0 Å². The standard InChI is InChI=1S/C12H23N3O3/c1-9(2)15(8-11(13)14-17)12(16)6-5-10-4-3-7-18-10/h9-10,17H,3-8H2,1-2H3,(H2,13,14). The van der Waals surface area contributed by atoms with Gasteiger partial charge in [-0.25, -0.2) is 0 Å². The van der Waals surface area contributed by atoms with Crippen LogP contribution in [-0.4, -0.2) is 47.1 Å². The average Bonchev–Trinajstić information content (AvgIpc) is 2.85. The Morgan fingerprint density at radius 3 is 2.83 bits per heavy atom. The van der Waals surface area contributed by atoms with Crippen LogP contribution in [0.25, 0.3) is 0 Å².